The molecule has 0 spiro atoms. The number of amides is 1. The van der Waals surface area contributed by atoms with E-state index in [0.717, 1.165) is 17.2 Å². The molecule has 10 heteroatoms. The van der Waals surface area contributed by atoms with Crippen LogP contribution in [0.25, 0.3) is 0 Å². The van der Waals surface area contributed by atoms with Crippen LogP contribution in [-0.2, 0) is 19.6 Å². The molecule has 2 aliphatic rings. The highest BCUT2D eigenvalue weighted by atomic mass is 35.5. The summed E-state index contributed by atoms with van der Waals surface area (Å²) in [6, 6.07) is 15.9. The van der Waals surface area contributed by atoms with E-state index in [1.54, 1.807) is 0 Å². The lowest BCUT2D eigenvalue weighted by Crippen LogP contribution is -2.58. The maximum atomic E-state index is 15.1. The highest BCUT2D eigenvalue weighted by molar-refractivity contribution is 7.91. The van der Waals surface area contributed by atoms with Crippen LogP contribution in [0.5, 0.6) is 0 Å². The van der Waals surface area contributed by atoms with Crippen LogP contribution in [0.3, 0.4) is 0 Å². The number of carbonyl (C=O) groups excluding carboxylic acids is 1. The fourth-order valence-corrected chi connectivity index (χ4v) is 9.34. The van der Waals surface area contributed by atoms with E-state index in [9.17, 15) is 8.42 Å². The summed E-state index contributed by atoms with van der Waals surface area (Å²) in [5, 5.41) is 1.24. The van der Waals surface area contributed by atoms with Gasteiger partial charge in [-0.2, -0.15) is 0 Å². The number of ether oxygens (including phenoxy) is 1. The van der Waals surface area contributed by atoms with E-state index in [-0.39, 0.29) is 30.5 Å². The monoisotopic (exact) mass is 678 g/mol. The Bertz CT molecular complexity index is 1430. The van der Waals surface area contributed by atoms with Crippen molar-refractivity contribution < 1.29 is 17.9 Å². The molecule has 0 bridgehead atoms. The fourth-order valence-electron chi connectivity index (χ4n) is 6.78. The third-order valence-corrected chi connectivity index (χ3v) is 13.9. The number of benzene rings is 2. The number of hydrogen-bond acceptors (Lipinski definition) is 4. The average Bonchev–Trinajstić information content (AvgIpc) is 3.77. The molecule has 1 aliphatic carbocycles. The third kappa shape index (κ3) is 7.64. The molecule has 242 valence electrons. The molecule has 0 aromatic heterocycles. The van der Waals surface area contributed by atoms with Gasteiger partial charge in [-0.15, -0.1) is 6.58 Å². The Kier molecular flexibility index (Phi) is 11.2. The van der Waals surface area contributed by atoms with Gasteiger partial charge in [-0.3, -0.25) is 4.79 Å². The summed E-state index contributed by atoms with van der Waals surface area (Å²) >= 11 is 12.9. The zero-order chi connectivity index (χ0) is 32.3. The molecule has 44 heavy (non-hydrogen) atoms. The molecule has 1 amide bonds. The summed E-state index contributed by atoms with van der Waals surface area (Å²) < 4.78 is 34.5. The highest BCUT2D eigenvalue weighted by Gasteiger charge is 2.58. The Morgan fingerprint density at radius 1 is 1.11 bits per heavy atom. The molecule has 4 rings (SSSR count). The van der Waals surface area contributed by atoms with Crippen LogP contribution >= 0.6 is 23.2 Å². The lowest BCUT2D eigenvalue weighted by Gasteiger charge is -2.53. The molecular formula is C34H48Cl2N2O4SSi. The molecule has 1 aliphatic heterocycles. The summed E-state index contributed by atoms with van der Waals surface area (Å²) in [4.78, 5) is 17.1. The van der Waals surface area contributed by atoms with Gasteiger partial charge in [0, 0.05) is 36.7 Å². The normalized spacial score (nSPS) is 24.2. The lowest BCUT2D eigenvalue weighted by atomic mass is 9.66. The van der Waals surface area contributed by atoms with Crippen molar-refractivity contribution in [2.45, 2.75) is 93.9 Å². The summed E-state index contributed by atoms with van der Waals surface area (Å²) in [7, 11) is -3.41. The zero-order valence-electron chi connectivity index (χ0n) is 26.7. The summed E-state index contributed by atoms with van der Waals surface area (Å²) in [5.74, 6) is -0.133. The van der Waals surface area contributed by atoms with Crippen molar-refractivity contribution in [3.8, 4) is 0 Å². The molecule has 2 fully saturated rings. The molecule has 1 N–H and O–H groups in total. The van der Waals surface area contributed by atoms with Gasteiger partial charge in [-0.25, -0.2) is 13.1 Å². The van der Waals surface area contributed by atoms with E-state index in [4.69, 9.17) is 27.9 Å². The van der Waals surface area contributed by atoms with Crippen molar-refractivity contribution in [3.05, 3.63) is 82.4 Å². The molecule has 2 aromatic carbocycles. The van der Waals surface area contributed by atoms with Crippen LogP contribution in [0.1, 0.15) is 68.5 Å². The SMILES string of the molecule is C=CC[C@@]1(COCC[Si](C)(C)C)C[C@H](c2cccc(Cl)c2)[C@@H](c2ccc(Cl)cc2)N([C@@H](CC)CC2(S(=O)(=O)NC)CC2)C1=O. The second-order valence-corrected chi connectivity index (χ2v) is 22.6. The number of piperidine rings is 1. The molecule has 1 heterocycles. The Labute approximate surface area is 275 Å². The minimum Gasteiger partial charge on any atom is -0.381 e. The van der Waals surface area contributed by atoms with Crippen molar-refractivity contribution in [2.24, 2.45) is 5.41 Å². The van der Waals surface area contributed by atoms with Crippen LogP contribution in [0.4, 0.5) is 0 Å². The average molecular weight is 680 g/mol. The molecular weight excluding hydrogens is 631 g/mol. The lowest BCUT2D eigenvalue weighted by molar-refractivity contribution is -0.161. The van der Waals surface area contributed by atoms with Gasteiger partial charge in [-0.1, -0.05) is 80.1 Å². The van der Waals surface area contributed by atoms with E-state index in [1.807, 2.05) is 60.4 Å². The van der Waals surface area contributed by atoms with E-state index in [0.29, 0.717) is 55.2 Å². The van der Waals surface area contributed by atoms with Crippen LogP contribution < -0.4 is 4.72 Å². The number of hydrogen-bond donors (Lipinski definition) is 1. The minimum atomic E-state index is -3.54. The van der Waals surface area contributed by atoms with E-state index in [2.05, 4.69) is 37.0 Å². The first kappa shape index (κ1) is 35.2. The van der Waals surface area contributed by atoms with Crippen LogP contribution in [0.15, 0.2) is 61.2 Å². The van der Waals surface area contributed by atoms with Crippen molar-refractivity contribution >= 4 is 47.2 Å². The molecule has 1 saturated heterocycles. The number of sulfonamides is 1. The topological polar surface area (TPSA) is 75.7 Å². The van der Waals surface area contributed by atoms with Gasteiger partial charge >= 0.3 is 0 Å². The molecule has 6 nitrogen and oxygen atoms in total. The predicted molar refractivity (Wildman–Crippen MR) is 185 cm³/mol. The molecule has 0 radical (unpaired) electrons. The van der Waals surface area contributed by atoms with Gasteiger partial charge in [0.15, 0.2) is 0 Å². The number of nitrogens with zero attached hydrogens (tertiary/aromatic N) is 1. The summed E-state index contributed by atoms with van der Waals surface area (Å²) in [6.45, 7) is 13.9. The van der Waals surface area contributed by atoms with Crippen molar-refractivity contribution in [3.63, 3.8) is 0 Å². The quantitative estimate of drug-likeness (QED) is 0.117. The van der Waals surface area contributed by atoms with Crippen molar-refractivity contribution in [1.82, 2.24) is 9.62 Å². The van der Waals surface area contributed by atoms with Gasteiger partial charge in [0.2, 0.25) is 15.9 Å². The van der Waals surface area contributed by atoms with Gasteiger partial charge in [0.1, 0.15) is 0 Å². The molecule has 4 atom stereocenters. The number of carbonyl (C=O) groups is 1. The second kappa shape index (κ2) is 14.0. The molecule has 0 unspecified atom stereocenters. The van der Waals surface area contributed by atoms with Crippen molar-refractivity contribution in [1.29, 1.82) is 0 Å². The number of rotatable bonds is 15. The zero-order valence-corrected chi connectivity index (χ0v) is 30.1. The van der Waals surface area contributed by atoms with Crippen LogP contribution in [-0.4, -0.2) is 58.3 Å². The first-order valence-electron chi connectivity index (χ1n) is 15.7. The molecule has 2 aromatic rings. The van der Waals surface area contributed by atoms with Crippen LogP contribution in [0.2, 0.25) is 35.7 Å². The van der Waals surface area contributed by atoms with Gasteiger partial charge in [0.05, 0.1) is 22.8 Å². The standard InChI is InChI=1S/C34H48Cl2N2O4SSi/c1-7-16-33(24-42-19-20-44(4,5)6)23-30(26-10-9-11-28(36)21-26)31(25-12-14-27(35)15-13-25)38(32(33)39)29(8-2)22-34(17-18-34)43(40,41)37-3/h7,9-15,21,29-31,37H,1,8,16-20,22-24H2,2-6H3/t29-,30+,31+,33-/m0/s1. The maximum Gasteiger partial charge on any atom is 0.232 e. The Hall–Kier alpha value is -1.68. The number of halogens is 2. The number of allylic oxidation sites excluding steroid dienone is 1. The molecule has 1 saturated carbocycles. The summed E-state index contributed by atoms with van der Waals surface area (Å²) in [5.41, 5.74) is 1.13. The first-order chi connectivity index (χ1) is 20.7. The highest BCUT2D eigenvalue weighted by Crippen LogP contribution is 2.55. The Balaban J connectivity index is 1.88. The number of nitrogens with one attached hydrogen (secondary N) is 1. The third-order valence-electron chi connectivity index (χ3n) is 9.50. The largest absolute Gasteiger partial charge is 0.381 e. The van der Waals surface area contributed by atoms with Gasteiger partial charge < -0.3 is 9.64 Å². The Morgan fingerprint density at radius 3 is 2.34 bits per heavy atom. The van der Waals surface area contributed by atoms with Crippen molar-refractivity contribution in [2.75, 3.05) is 20.3 Å². The maximum absolute atomic E-state index is 15.1. The van der Waals surface area contributed by atoms with E-state index < -0.39 is 28.3 Å². The van der Waals surface area contributed by atoms with Gasteiger partial charge in [-0.05, 0) is 87.0 Å². The summed E-state index contributed by atoms with van der Waals surface area (Å²) in [6.07, 6.45) is 4.96. The van der Waals surface area contributed by atoms with Crippen LogP contribution in [0, 0.1) is 5.41 Å². The second-order valence-electron chi connectivity index (χ2n) is 13.9. The van der Waals surface area contributed by atoms with E-state index in [1.165, 1.54) is 7.05 Å². The minimum absolute atomic E-state index is 0.00635. The predicted octanol–water partition coefficient (Wildman–Crippen LogP) is 8.22. The first-order valence-corrected chi connectivity index (χ1v) is 21.6. The smallest absolute Gasteiger partial charge is 0.232 e. The Morgan fingerprint density at radius 2 is 1.80 bits per heavy atom. The van der Waals surface area contributed by atoms with E-state index >= 15 is 4.79 Å². The van der Waals surface area contributed by atoms with Gasteiger partial charge in [0.25, 0.3) is 0 Å². The fraction of sp³-hybridized carbons (Fsp3) is 0.559. The number of likely N-dealkylation sites (tertiary alicyclic amines) is 1.